The first kappa shape index (κ1) is 20.5. The molecule has 2 aromatic carbocycles. The highest BCUT2D eigenvalue weighted by Crippen LogP contribution is 2.33. The first-order valence-electron chi connectivity index (χ1n) is 9.18. The lowest BCUT2D eigenvalue weighted by molar-refractivity contribution is -0.130. The summed E-state index contributed by atoms with van der Waals surface area (Å²) in [5, 5.41) is 0. The second-order valence-corrected chi connectivity index (χ2v) is 7.27. The van der Waals surface area contributed by atoms with Crippen LogP contribution in [0.4, 0.5) is 0 Å². The van der Waals surface area contributed by atoms with E-state index in [1.165, 1.54) is 16.7 Å². The minimum absolute atomic E-state index is 0. The first-order chi connectivity index (χ1) is 12.1. The third kappa shape index (κ3) is 4.46. The van der Waals surface area contributed by atoms with Crippen molar-refractivity contribution in [1.82, 2.24) is 4.90 Å². The molecule has 140 valence electrons. The van der Waals surface area contributed by atoms with Crippen molar-refractivity contribution in [2.75, 3.05) is 19.6 Å². The molecule has 3 nitrogen and oxygen atoms in total. The third-order valence-corrected chi connectivity index (χ3v) is 5.52. The molecule has 2 N–H and O–H groups in total. The number of rotatable bonds is 5. The average molecular weight is 373 g/mol. The quantitative estimate of drug-likeness (QED) is 0.858. The fraction of sp³-hybridized carbons (Fsp3) is 0.409. The lowest BCUT2D eigenvalue weighted by Gasteiger charge is -2.20. The summed E-state index contributed by atoms with van der Waals surface area (Å²) in [5.74, 6) is 1.18. The van der Waals surface area contributed by atoms with Crippen LogP contribution in [0.25, 0.3) is 0 Å². The van der Waals surface area contributed by atoms with E-state index in [1.807, 2.05) is 17.0 Å². The predicted molar refractivity (Wildman–Crippen MR) is 110 cm³/mol. The molecule has 1 fully saturated rings. The van der Waals surface area contributed by atoms with Gasteiger partial charge in [-0.3, -0.25) is 4.79 Å². The molecule has 0 spiro atoms. The van der Waals surface area contributed by atoms with Crippen LogP contribution in [0.3, 0.4) is 0 Å². The zero-order chi connectivity index (χ0) is 17.8. The minimum atomic E-state index is 0. The topological polar surface area (TPSA) is 46.3 Å². The summed E-state index contributed by atoms with van der Waals surface area (Å²) >= 11 is 0. The summed E-state index contributed by atoms with van der Waals surface area (Å²) in [6, 6.07) is 18.8. The molecule has 26 heavy (non-hydrogen) atoms. The molecule has 2 aromatic rings. The second kappa shape index (κ2) is 9.20. The molecule has 1 amide bonds. The van der Waals surface area contributed by atoms with Gasteiger partial charge in [-0.15, -0.1) is 12.4 Å². The van der Waals surface area contributed by atoms with E-state index in [0.29, 0.717) is 24.8 Å². The van der Waals surface area contributed by atoms with Gasteiger partial charge < -0.3 is 10.6 Å². The largest absolute Gasteiger partial charge is 0.342 e. The van der Waals surface area contributed by atoms with Gasteiger partial charge in [-0.2, -0.15) is 0 Å². The van der Waals surface area contributed by atoms with Crippen molar-refractivity contribution >= 4 is 18.3 Å². The van der Waals surface area contributed by atoms with Gasteiger partial charge in [-0.1, -0.05) is 61.5 Å². The van der Waals surface area contributed by atoms with Crippen LogP contribution in [0, 0.1) is 12.8 Å². The van der Waals surface area contributed by atoms with E-state index in [-0.39, 0.29) is 24.2 Å². The molecular weight excluding hydrogens is 344 g/mol. The fourth-order valence-corrected chi connectivity index (χ4v) is 4.03. The normalized spacial score (nSPS) is 20.5. The zero-order valence-corrected chi connectivity index (χ0v) is 16.4. The Hall–Kier alpha value is -1.84. The van der Waals surface area contributed by atoms with E-state index >= 15 is 0 Å². The molecule has 0 aliphatic carbocycles. The number of likely N-dealkylation sites (tertiary alicyclic amines) is 1. The highest BCUT2D eigenvalue weighted by Gasteiger charge is 2.35. The number of carbonyl (C=O) groups is 1. The number of hydrogen-bond donors (Lipinski definition) is 1. The maximum Gasteiger partial charge on any atom is 0.223 e. The average Bonchev–Trinajstić information content (AvgIpc) is 3.07. The number of nitrogens with two attached hydrogens (primary N) is 1. The van der Waals surface area contributed by atoms with Crippen LogP contribution < -0.4 is 5.73 Å². The van der Waals surface area contributed by atoms with Crippen molar-refractivity contribution < 1.29 is 4.79 Å². The summed E-state index contributed by atoms with van der Waals surface area (Å²) in [5.41, 5.74) is 9.81. The second-order valence-electron chi connectivity index (χ2n) is 7.27. The molecule has 0 bridgehead atoms. The molecule has 1 unspecified atom stereocenters. The maximum atomic E-state index is 12.9. The summed E-state index contributed by atoms with van der Waals surface area (Å²) in [6.45, 7) is 6.44. The molecule has 1 aliphatic heterocycles. The van der Waals surface area contributed by atoms with Gasteiger partial charge in [0, 0.05) is 25.4 Å². The Morgan fingerprint density at radius 3 is 2.42 bits per heavy atom. The molecule has 3 rings (SSSR count). The smallest absolute Gasteiger partial charge is 0.223 e. The van der Waals surface area contributed by atoms with Gasteiger partial charge in [0.05, 0.1) is 0 Å². The number of carbonyl (C=O) groups excluding carboxylic acids is 1. The van der Waals surface area contributed by atoms with E-state index in [4.69, 9.17) is 5.73 Å². The zero-order valence-electron chi connectivity index (χ0n) is 15.6. The van der Waals surface area contributed by atoms with Crippen LogP contribution in [-0.2, 0) is 4.79 Å². The lowest BCUT2D eigenvalue weighted by atomic mass is 9.89. The van der Waals surface area contributed by atoms with Gasteiger partial charge in [0.1, 0.15) is 0 Å². The molecule has 1 saturated heterocycles. The van der Waals surface area contributed by atoms with Gasteiger partial charge in [-0.25, -0.2) is 0 Å². The van der Waals surface area contributed by atoms with Crippen molar-refractivity contribution in [3.05, 3.63) is 71.3 Å². The van der Waals surface area contributed by atoms with E-state index < -0.39 is 0 Å². The van der Waals surface area contributed by atoms with Gasteiger partial charge in [0.25, 0.3) is 0 Å². The molecule has 1 aliphatic rings. The van der Waals surface area contributed by atoms with Crippen molar-refractivity contribution in [3.63, 3.8) is 0 Å². The number of amides is 1. The molecule has 0 saturated carbocycles. The Morgan fingerprint density at radius 1 is 1.12 bits per heavy atom. The molecule has 1 heterocycles. The number of hydrogen-bond acceptors (Lipinski definition) is 2. The van der Waals surface area contributed by atoms with E-state index in [0.717, 1.165) is 13.1 Å². The Labute approximate surface area is 163 Å². The summed E-state index contributed by atoms with van der Waals surface area (Å²) in [4.78, 5) is 14.9. The number of halogens is 1. The number of benzene rings is 2. The van der Waals surface area contributed by atoms with Crippen LogP contribution in [0.5, 0.6) is 0 Å². The van der Waals surface area contributed by atoms with Gasteiger partial charge in [0.2, 0.25) is 5.91 Å². The van der Waals surface area contributed by atoms with Crippen LogP contribution in [0.1, 0.15) is 41.9 Å². The molecule has 3 atom stereocenters. The fourth-order valence-electron chi connectivity index (χ4n) is 4.03. The lowest BCUT2D eigenvalue weighted by Crippen LogP contribution is -2.30. The van der Waals surface area contributed by atoms with Gasteiger partial charge in [0.15, 0.2) is 0 Å². The van der Waals surface area contributed by atoms with E-state index in [2.05, 4.69) is 56.3 Å². The first-order valence-corrected chi connectivity index (χ1v) is 9.18. The number of aryl methyl sites for hydroxylation is 1. The highest BCUT2D eigenvalue weighted by atomic mass is 35.5. The van der Waals surface area contributed by atoms with Gasteiger partial charge >= 0.3 is 0 Å². The summed E-state index contributed by atoms with van der Waals surface area (Å²) in [7, 11) is 0. The SMILES string of the molecule is Cc1ccccc1C(C)CC(=O)N1C[C@@H](CN)[C@H](c2ccccc2)C1.Cl. The van der Waals surface area contributed by atoms with Crippen molar-refractivity contribution in [3.8, 4) is 0 Å². The van der Waals surface area contributed by atoms with Crippen molar-refractivity contribution in [1.29, 1.82) is 0 Å². The van der Waals surface area contributed by atoms with Crippen molar-refractivity contribution in [2.24, 2.45) is 11.7 Å². The van der Waals surface area contributed by atoms with E-state index in [9.17, 15) is 4.79 Å². The third-order valence-electron chi connectivity index (χ3n) is 5.52. The molecule has 4 heteroatoms. The maximum absolute atomic E-state index is 12.9. The highest BCUT2D eigenvalue weighted by molar-refractivity contribution is 5.85. The minimum Gasteiger partial charge on any atom is -0.342 e. The Balaban J connectivity index is 0.00000243. The molecule has 0 aromatic heterocycles. The molecule has 0 radical (unpaired) electrons. The van der Waals surface area contributed by atoms with Crippen LogP contribution in [0.15, 0.2) is 54.6 Å². The Bertz CT molecular complexity index is 719. The Morgan fingerprint density at radius 2 is 1.77 bits per heavy atom. The van der Waals surface area contributed by atoms with Crippen LogP contribution in [0.2, 0.25) is 0 Å². The molecular formula is C22H29ClN2O. The van der Waals surface area contributed by atoms with Gasteiger partial charge in [-0.05, 0) is 42.0 Å². The van der Waals surface area contributed by atoms with E-state index in [1.54, 1.807) is 0 Å². The van der Waals surface area contributed by atoms with Crippen LogP contribution >= 0.6 is 12.4 Å². The number of nitrogens with zero attached hydrogens (tertiary/aromatic N) is 1. The predicted octanol–water partition coefficient (Wildman–Crippen LogP) is 4.11. The Kier molecular flexibility index (Phi) is 7.24. The van der Waals surface area contributed by atoms with Crippen LogP contribution in [-0.4, -0.2) is 30.4 Å². The van der Waals surface area contributed by atoms with Crippen molar-refractivity contribution in [2.45, 2.75) is 32.1 Å². The standard InChI is InChI=1S/C22H28N2O.ClH/c1-16-8-6-7-11-20(16)17(2)12-22(25)24-14-19(13-23)21(15-24)18-9-4-3-5-10-18;/h3-11,17,19,21H,12-15,23H2,1-2H3;1H/t17?,19-,21+;/m1./s1. The summed E-state index contributed by atoms with van der Waals surface area (Å²) < 4.78 is 0. The monoisotopic (exact) mass is 372 g/mol. The summed E-state index contributed by atoms with van der Waals surface area (Å²) in [6.07, 6.45) is 0.559.